The zero-order valence-electron chi connectivity index (χ0n) is 19.3. The lowest BCUT2D eigenvalue weighted by molar-refractivity contribution is -0.166. The molecule has 2 amide bonds. The number of benzene rings is 3. The van der Waals surface area contributed by atoms with Crippen LogP contribution in [0.15, 0.2) is 72.8 Å². The average molecular weight is 469 g/mol. The van der Waals surface area contributed by atoms with Gasteiger partial charge in [-0.15, -0.1) is 0 Å². The van der Waals surface area contributed by atoms with E-state index < -0.39 is 17.5 Å². The number of esters is 1. The van der Waals surface area contributed by atoms with Crippen LogP contribution in [0.25, 0.3) is 0 Å². The van der Waals surface area contributed by atoms with Crippen LogP contribution in [0.1, 0.15) is 35.3 Å². The predicted octanol–water partition coefficient (Wildman–Crippen LogP) is 4.06. The first-order valence-corrected chi connectivity index (χ1v) is 11.0. The fraction of sp³-hybridized carbons (Fsp3) is 0.185. The van der Waals surface area contributed by atoms with Crippen LogP contribution in [0.3, 0.4) is 0 Å². The second-order valence-corrected chi connectivity index (χ2v) is 8.06. The van der Waals surface area contributed by atoms with Crippen molar-refractivity contribution in [1.82, 2.24) is 0 Å². The minimum atomic E-state index is -1.88. The smallest absolute Gasteiger partial charge is 0.360 e. The van der Waals surface area contributed by atoms with Gasteiger partial charge in [0.15, 0.2) is 0 Å². The van der Waals surface area contributed by atoms with E-state index >= 15 is 0 Å². The number of nitrogens with zero attached hydrogens (tertiary/aromatic N) is 2. The number of hydrogen-bond donors (Lipinski definition) is 1. The number of carbonyl (C=O) groups excluding carboxylic acids is 3. The number of carbonyl (C=O) groups is 3. The molecule has 35 heavy (non-hydrogen) atoms. The molecule has 1 aliphatic heterocycles. The topological polar surface area (TPSA) is 109 Å². The Morgan fingerprint density at radius 2 is 1.80 bits per heavy atom. The summed E-state index contributed by atoms with van der Waals surface area (Å²) in [6.07, 6.45) is 0. The Bertz CT molecular complexity index is 1310. The summed E-state index contributed by atoms with van der Waals surface area (Å²) in [6.45, 7) is 3.36. The largest absolute Gasteiger partial charge is 0.464 e. The lowest BCUT2D eigenvalue weighted by atomic mass is 10.00. The molecule has 1 N–H and O–H groups in total. The predicted molar refractivity (Wildman–Crippen MR) is 129 cm³/mol. The molecule has 1 aliphatic rings. The summed E-state index contributed by atoms with van der Waals surface area (Å²) in [4.78, 5) is 40.4. The van der Waals surface area contributed by atoms with Crippen LogP contribution in [-0.2, 0) is 20.9 Å². The van der Waals surface area contributed by atoms with Crippen molar-refractivity contribution in [2.45, 2.75) is 26.0 Å². The first kappa shape index (κ1) is 23.5. The molecule has 0 fully saturated rings. The summed E-state index contributed by atoms with van der Waals surface area (Å²) in [7, 11) is 0. The van der Waals surface area contributed by atoms with Gasteiger partial charge in [-0.05, 0) is 55.8 Å². The Hall–Kier alpha value is -4.64. The Kier molecular flexibility index (Phi) is 6.51. The molecule has 176 valence electrons. The number of nitriles is 1. The molecule has 0 bridgehead atoms. The van der Waals surface area contributed by atoms with E-state index in [1.54, 1.807) is 49.4 Å². The molecular weight excluding hydrogens is 446 g/mol. The minimum absolute atomic E-state index is 0.0945. The van der Waals surface area contributed by atoms with Crippen LogP contribution in [0.4, 0.5) is 11.4 Å². The second kappa shape index (κ2) is 9.69. The molecule has 3 aromatic rings. The SMILES string of the molecule is CCOC(=O)C1(C)Oc2cc(NC(=O)c3ccc(C#N)cc3)ccc2N(Cc2ccccc2)C1=O. The molecule has 0 saturated heterocycles. The normalized spacial score (nSPS) is 16.5. The van der Waals surface area contributed by atoms with Crippen LogP contribution in [0, 0.1) is 11.3 Å². The molecule has 1 unspecified atom stereocenters. The number of rotatable bonds is 6. The van der Waals surface area contributed by atoms with E-state index in [-0.39, 0.29) is 24.8 Å². The van der Waals surface area contributed by atoms with Crippen LogP contribution < -0.4 is 15.0 Å². The van der Waals surface area contributed by atoms with E-state index in [9.17, 15) is 14.4 Å². The van der Waals surface area contributed by atoms with Crippen molar-refractivity contribution in [3.8, 4) is 11.8 Å². The van der Waals surface area contributed by atoms with Gasteiger partial charge < -0.3 is 19.7 Å². The Labute approximate surface area is 202 Å². The van der Waals surface area contributed by atoms with E-state index in [1.807, 2.05) is 36.4 Å². The third kappa shape index (κ3) is 4.70. The second-order valence-electron chi connectivity index (χ2n) is 8.06. The summed E-state index contributed by atoms with van der Waals surface area (Å²) in [5.74, 6) is -1.45. The van der Waals surface area contributed by atoms with Crippen LogP contribution >= 0.6 is 0 Å². The van der Waals surface area contributed by atoms with Gasteiger partial charge >= 0.3 is 5.97 Å². The van der Waals surface area contributed by atoms with Crippen molar-refractivity contribution < 1.29 is 23.9 Å². The summed E-state index contributed by atoms with van der Waals surface area (Å²) >= 11 is 0. The Morgan fingerprint density at radius 3 is 2.46 bits per heavy atom. The molecule has 8 heteroatoms. The number of anilines is 2. The highest BCUT2D eigenvalue weighted by Gasteiger charge is 2.52. The highest BCUT2D eigenvalue weighted by Crippen LogP contribution is 2.41. The standard InChI is InChI=1S/C27H23N3O5/c1-3-34-26(33)27(2)25(32)30(17-19-7-5-4-6-8-19)22-14-13-21(15-23(22)35-27)29-24(31)20-11-9-18(16-28)10-12-20/h4-15H,3,17H2,1-2H3,(H,29,31). The van der Waals surface area contributed by atoms with Crippen LogP contribution in [0.2, 0.25) is 0 Å². The van der Waals surface area contributed by atoms with Gasteiger partial charge in [0.1, 0.15) is 5.75 Å². The van der Waals surface area contributed by atoms with Gasteiger partial charge in [0.25, 0.3) is 17.4 Å². The fourth-order valence-electron chi connectivity index (χ4n) is 3.75. The monoisotopic (exact) mass is 469 g/mol. The van der Waals surface area contributed by atoms with Crippen molar-refractivity contribution in [2.24, 2.45) is 0 Å². The lowest BCUT2D eigenvalue weighted by Crippen LogP contribution is -2.59. The maximum atomic E-state index is 13.4. The van der Waals surface area contributed by atoms with E-state index in [2.05, 4.69) is 5.32 Å². The minimum Gasteiger partial charge on any atom is -0.464 e. The highest BCUT2D eigenvalue weighted by atomic mass is 16.6. The third-order valence-corrected chi connectivity index (χ3v) is 5.60. The summed E-state index contributed by atoms with van der Waals surface area (Å²) < 4.78 is 11.1. The molecule has 0 saturated carbocycles. The van der Waals surface area contributed by atoms with E-state index in [4.69, 9.17) is 14.7 Å². The maximum Gasteiger partial charge on any atom is 0.360 e. The van der Waals surface area contributed by atoms with Crippen LogP contribution in [-0.4, -0.2) is 30.0 Å². The summed E-state index contributed by atoms with van der Waals surface area (Å²) in [5, 5.41) is 11.7. The summed E-state index contributed by atoms with van der Waals surface area (Å²) in [6, 6.07) is 22.5. The lowest BCUT2D eigenvalue weighted by Gasteiger charge is -2.39. The Balaban J connectivity index is 1.67. The number of hydrogen-bond acceptors (Lipinski definition) is 6. The molecule has 0 aliphatic carbocycles. The maximum absolute atomic E-state index is 13.4. The number of amides is 2. The average Bonchev–Trinajstić information content (AvgIpc) is 2.87. The first-order chi connectivity index (χ1) is 16.9. The molecule has 0 spiro atoms. The Morgan fingerprint density at radius 1 is 1.09 bits per heavy atom. The van der Waals surface area contributed by atoms with Crippen molar-refractivity contribution >= 4 is 29.2 Å². The zero-order chi connectivity index (χ0) is 25.0. The van der Waals surface area contributed by atoms with Gasteiger partial charge in [-0.3, -0.25) is 9.59 Å². The van der Waals surface area contributed by atoms with Gasteiger partial charge in [0, 0.05) is 17.3 Å². The molecule has 1 atom stereocenters. The molecule has 3 aromatic carbocycles. The van der Waals surface area contributed by atoms with E-state index in [1.165, 1.54) is 11.8 Å². The van der Waals surface area contributed by atoms with Crippen molar-refractivity contribution in [1.29, 1.82) is 5.26 Å². The van der Waals surface area contributed by atoms with Gasteiger partial charge in [0.2, 0.25) is 0 Å². The summed E-state index contributed by atoms with van der Waals surface area (Å²) in [5.41, 5.74) is 0.701. The van der Waals surface area contributed by atoms with Gasteiger partial charge in [-0.1, -0.05) is 30.3 Å². The molecule has 0 radical (unpaired) electrons. The van der Waals surface area contributed by atoms with Gasteiger partial charge in [-0.2, -0.15) is 5.26 Å². The molecular formula is C27H23N3O5. The van der Waals surface area contributed by atoms with Gasteiger partial charge in [-0.25, -0.2) is 4.79 Å². The molecule has 0 aromatic heterocycles. The molecule has 4 rings (SSSR count). The van der Waals surface area contributed by atoms with E-state index in [0.717, 1.165) is 5.56 Å². The van der Waals surface area contributed by atoms with E-state index in [0.29, 0.717) is 22.5 Å². The van der Waals surface area contributed by atoms with Crippen LogP contribution in [0.5, 0.6) is 5.75 Å². The van der Waals surface area contributed by atoms with Crippen molar-refractivity contribution in [2.75, 3.05) is 16.8 Å². The van der Waals surface area contributed by atoms with Crippen molar-refractivity contribution in [3.05, 3.63) is 89.5 Å². The van der Waals surface area contributed by atoms with Gasteiger partial charge in [0.05, 0.1) is 30.5 Å². The number of ether oxygens (including phenoxy) is 2. The molecule has 1 heterocycles. The first-order valence-electron chi connectivity index (χ1n) is 11.0. The third-order valence-electron chi connectivity index (χ3n) is 5.60. The number of nitrogens with one attached hydrogen (secondary N) is 1. The fourth-order valence-corrected chi connectivity index (χ4v) is 3.75. The number of fused-ring (bicyclic) bond motifs is 1. The quantitative estimate of drug-likeness (QED) is 0.431. The van der Waals surface area contributed by atoms with Crippen molar-refractivity contribution in [3.63, 3.8) is 0 Å². The highest BCUT2D eigenvalue weighted by molar-refractivity contribution is 6.15. The molecule has 8 nitrogen and oxygen atoms in total. The zero-order valence-corrected chi connectivity index (χ0v) is 19.3.